The van der Waals surface area contributed by atoms with Gasteiger partial charge in [-0.3, -0.25) is 10.1 Å². The molecule has 2 aromatic carbocycles. The van der Waals surface area contributed by atoms with E-state index in [1.54, 1.807) is 12.1 Å². The number of para-hydroxylation sites is 1. The van der Waals surface area contributed by atoms with Crippen LogP contribution in [0, 0.1) is 10.1 Å². The van der Waals surface area contributed by atoms with E-state index in [1.165, 1.54) is 6.07 Å². The van der Waals surface area contributed by atoms with Crippen LogP contribution in [0.5, 0.6) is 11.5 Å². The molecule has 0 N–H and O–H groups in total. The van der Waals surface area contributed by atoms with E-state index in [0.29, 0.717) is 5.75 Å². The van der Waals surface area contributed by atoms with Crippen molar-refractivity contribution < 1.29 is 9.66 Å². The molecule has 1 aliphatic heterocycles. The maximum atomic E-state index is 11.0. The molecule has 2 aromatic rings. The van der Waals surface area contributed by atoms with Crippen LogP contribution in [0.4, 0.5) is 5.69 Å². The van der Waals surface area contributed by atoms with Crippen molar-refractivity contribution in [3.63, 3.8) is 0 Å². The van der Waals surface area contributed by atoms with Crippen LogP contribution >= 0.6 is 0 Å². The summed E-state index contributed by atoms with van der Waals surface area (Å²) in [6.07, 6.45) is 1.66. The summed E-state index contributed by atoms with van der Waals surface area (Å²) >= 11 is 0. The second-order valence-electron chi connectivity index (χ2n) is 5.56. The van der Waals surface area contributed by atoms with Gasteiger partial charge in [0.05, 0.1) is 4.92 Å². The van der Waals surface area contributed by atoms with Crippen LogP contribution in [0.1, 0.15) is 11.1 Å². The molecular weight excluding hydrogens is 280 g/mol. The van der Waals surface area contributed by atoms with Crippen LogP contribution in [0.25, 0.3) is 0 Å². The van der Waals surface area contributed by atoms with Gasteiger partial charge in [0.1, 0.15) is 11.5 Å². The first-order valence-electron chi connectivity index (χ1n) is 7.35. The van der Waals surface area contributed by atoms with Crippen LogP contribution in [0.3, 0.4) is 0 Å². The average Bonchev–Trinajstić information content (AvgIpc) is 2.52. The van der Waals surface area contributed by atoms with Crippen molar-refractivity contribution in [2.24, 2.45) is 0 Å². The zero-order chi connectivity index (χ0) is 15.5. The van der Waals surface area contributed by atoms with E-state index in [4.69, 9.17) is 4.74 Å². The fraction of sp³-hybridized carbons (Fsp3) is 0.294. The molecule has 1 aliphatic rings. The number of ether oxygens (including phenoxy) is 1. The Kier molecular flexibility index (Phi) is 4.06. The predicted octanol–water partition coefficient (Wildman–Crippen LogP) is 3.42. The molecule has 114 valence electrons. The number of hydrogen-bond acceptors (Lipinski definition) is 4. The highest BCUT2D eigenvalue weighted by Gasteiger charge is 2.16. The lowest BCUT2D eigenvalue weighted by atomic mass is 10.1. The van der Waals surface area contributed by atoms with E-state index < -0.39 is 0 Å². The van der Waals surface area contributed by atoms with Crippen LogP contribution in [0.2, 0.25) is 0 Å². The van der Waals surface area contributed by atoms with Crippen LogP contribution in [-0.2, 0) is 12.8 Å². The van der Waals surface area contributed by atoms with E-state index in [9.17, 15) is 10.1 Å². The summed E-state index contributed by atoms with van der Waals surface area (Å²) < 4.78 is 6.05. The molecule has 0 spiro atoms. The molecule has 0 aliphatic carbocycles. The highest BCUT2D eigenvalue weighted by molar-refractivity contribution is 5.47. The van der Waals surface area contributed by atoms with Gasteiger partial charge >= 0.3 is 0 Å². The fourth-order valence-corrected chi connectivity index (χ4v) is 2.64. The number of rotatable bonds is 1. The lowest BCUT2D eigenvalue weighted by molar-refractivity contribution is -0.384. The standard InChI is InChI=1S/C17H18N2O3/c1-18-10-8-13-4-2-3-5-16(13)22-17-7-6-15(19(20)21)12-14(17)9-11-18/h2-7,12H,8-11H2,1H3. The molecule has 0 saturated heterocycles. The van der Waals surface area contributed by atoms with Gasteiger partial charge in [-0.05, 0) is 37.6 Å². The molecule has 0 amide bonds. The molecule has 5 heteroatoms. The molecule has 22 heavy (non-hydrogen) atoms. The molecule has 0 saturated carbocycles. The van der Waals surface area contributed by atoms with Gasteiger partial charge in [-0.25, -0.2) is 0 Å². The maximum absolute atomic E-state index is 11.0. The van der Waals surface area contributed by atoms with Crippen molar-refractivity contribution in [1.29, 1.82) is 0 Å². The third-order valence-electron chi connectivity index (χ3n) is 3.97. The van der Waals surface area contributed by atoms with Crippen molar-refractivity contribution in [3.05, 3.63) is 63.7 Å². The molecule has 0 unspecified atom stereocenters. The van der Waals surface area contributed by atoms with Crippen LogP contribution < -0.4 is 4.74 Å². The summed E-state index contributed by atoms with van der Waals surface area (Å²) in [5.74, 6) is 1.53. The minimum absolute atomic E-state index is 0.107. The topological polar surface area (TPSA) is 55.6 Å². The summed E-state index contributed by atoms with van der Waals surface area (Å²) in [6, 6.07) is 12.8. The number of hydrogen-bond donors (Lipinski definition) is 0. The Balaban J connectivity index is 2.03. The Morgan fingerprint density at radius 3 is 2.50 bits per heavy atom. The third-order valence-corrected chi connectivity index (χ3v) is 3.97. The van der Waals surface area contributed by atoms with E-state index in [0.717, 1.165) is 42.8 Å². The Morgan fingerprint density at radius 1 is 1.05 bits per heavy atom. The highest BCUT2D eigenvalue weighted by Crippen LogP contribution is 2.32. The Morgan fingerprint density at radius 2 is 1.73 bits per heavy atom. The zero-order valence-corrected chi connectivity index (χ0v) is 12.5. The van der Waals surface area contributed by atoms with Crippen LogP contribution in [0.15, 0.2) is 42.5 Å². The number of non-ortho nitro benzene ring substituents is 1. The van der Waals surface area contributed by atoms with Crippen molar-refractivity contribution >= 4 is 5.69 Å². The number of fused-ring (bicyclic) bond motifs is 2. The zero-order valence-electron chi connectivity index (χ0n) is 12.5. The van der Waals surface area contributed by atoms with Gasteiger partial charge in [0.15, 0.2) is 0 Å². The quantitative estimate of drug-likeness (QED) is 0.598. The van der Waals surface area contributed by atoms with E-state index >= 15 is 0 Å². The largest absolute Gasteiger partial charge is 0.457 e. The Labute approximate surface area is 129 Å². The molecule has 3 rings (SSSR count). The van der Waals surface area contributed by atoms with Crippen molar-refractivity contribution in [1.82, 2.24) is 4.90 Å². The number of likely N-dealkylation sites (N-methyl/N-ethyl adjacent to an activating group) is 1. The van der Waals surface area contributed by atoms with Gasteiger partial charge in [0, 0.05) is 30.8 Å². The first kappa shape index (κ1) is 14.5. The SMILES string of the molecule is CN1CCc2ccccc2Oc2ccc([N+](=O)[O-])cc2CC1. The van der Waals surface area contributed by atoms with Gasteiger partial charge in [-0.2, -0.15) is 0 Å². The minimum Gasteiger partial charge on any atom is -0.457 e. The molecular formula is C17H18N2O3. The molecule has 1 heterocycles. The van der Waals surface area contributed by atoms with Crippen LogP contribution in [-0.4, -0.2) is 30.0 Å². The maximum Gasteiger partial charge on any atom is 0.269 e. The normalized spacial score (nSPS) is 15.3. The second kappa shape index (κ2) is 6.15. The van der Waals surface area contributed by atoms with E-state index in [2.05, 4.69) is 18.0 Å². The van der Waals surface area contributed by atoms with Gasteiger partial charge in [0.2, 0.25) is 0 Å². The molecule has 0 radical (unpaired) electrons. The predicted molar refractivity (Wildman–Crippen MR) is 84.5 cm³/mol. The van der Waals surface area contributed by atoms with E-state index in [1.807, 2.05) is 18.2 Å². The molecule has 0 bridgehead atoms. The summed E-state index contributed by atoms with van der Waals surface area (Å²) in [5.41, 5.74) is 2.13. The summed E-state index contributed by atoms with van der Waals surface area (Å²) in [7, 11) is 2.07. The number of nitrogens with zero attached hydrogens (tertiary/aromatic N) is 2. The molecule has 5 nitrogen and oxygen atoms in total. The monoisotopic (exact) mass is 298 g/mol. The number of nitro groups is 1. The first-order valence-corrected chi connectivity index (χ1v) is 7.35. The van der Waals surface area contributed by atoms with E-state index in [-0.39, 0.29) is 10.6 Å². The molecule has 0 aromatic heterocycles. The summed E-state index contributed by atoms with van der Waals surface area (Å²) in [5, 5.41) is 11.0. The van der Waals surface area contributed by atoms with Crippen molar-refractivity contribution in [2.75, 3.05) is 20.1 Å². The fourth-order valence-electron chi connectivity index (χ4n) is 2.64. The van der Waals surface area contributed by atoms with Gasteiger partial charge in [-0.15, -0.1) is 0 Å². The van der Waals surface area contributed by atoms with Gasteiger partial charge < -0.3 is 9.64 Å². The Hall–Kier alpha value is -2.40. The Bertz CT molecular complexity index is 700. The number of nitro benzene ring substituents is 1. The average molecular weight is 298 g/mol. The smallest absolute Gasteiger partial charge is 0.269 e. The summed E-state index contributed by atoms with van der Waals surface area (Å²) in [4.78, 5) is 12.9. The molecule has 0 atom stereocenters. The molecule has 0 fully saturated rings. The van der Waals surface area contributed by atoms with Gasteiger partial charge in [-0.1, -0.05) is 18.2 Å². The second-order valence-corrected chi connectivity index (χ2v) is 5.56. The van der Waals surface area contributed by atoms with Crippen molar-refractivity contribution in [2.45, 2.75) is 12.8 Å². The van der Waals surface area contributed by atoms with Gasteiger partial charge in [0.25, 0.3) is 5.69 Å². The first-order chi connectivity index (χ1) is 10.6. The minimum atomic E-state index is -0.364. The highest BCUT2D eigenvalue weighted by atomic mass is 16.6. The van der Waals surface area contributed by atoms with Crippen molar-refractivity contribution in [3.8, 4) is 11.5 Å². The summed E-state index contributed by atoms with van der Waals surface area (Å²) in [6.45, 7) is 1.78. The third kappa shape index (κ3) is 3.09. The number of benzene rings is 2. The lowest BCUT2D eigenvalue weighted by Gasteiger charge is -2.21. The lowest BCUT2D eigenvalue weighted by Crippen LogP contribution is -2.24.